The summed E-state index contributed by atoms with van der Waals surface area (Å²) in [6.07, 6.45) is -0.0312. The second kappa shape index (κ2) is 4.58. The van der Waals surface area contributed by atoms with E-state index >= 15 is 0 Å². The molecule has 0 unspecified atom stereocenters. The monoisotopic (exact) mass is 247 g/mol. The molecule has 0 saturated carbocycles. The molecule has 4 nitrogen and oxygen atoms in total. The lowest BCUT2D eigenvalue weighted by molar-refractivity contribution is -0.867. The second-order valence-electron chi connectivity index (χ2n) is 3.40. The highest BCUT2D eigenvalue weighted by atomic mass is 79.9. The number of hydrogen-bond donors (Lipinski definition) is 2. The number of nitrogens with zero attached hydrogens (tertiary/aromatic N) is 1. The first-order valence-electron chi connectivity index (χ1n) is 3.06. The van der Waals surface area contributed by atoms with E-state index in [4.69, 9.17) is 9.79 Å². The summed E-state index contributed by atoms with van der Waals surface area (Å²) in [7, 11) is 1.92. The van der Waals surface area contributed by atoms with Crippen molar-refractivity contribution in [2.45, 2.75) is 0 Å². The Bertz CT molecular complexity index is 150. The van der Waals surface area contributed by atoms with Gasteiger partial charge in [-0.15, -0.1) is 0 Å². The van der Waals surface area contributed by atoms with E-state index in [2.05, 4.69) is 0 Å². The minimum absolute atomic E-state index is 0. The highest BCUT2D eigenvalue weighted by Crippen LogP contribution is 2.33. The lowest BCUT2D eigenvalue weighted by Gasteiger charge is -2.23. The highest BCUT2D eigenvalue weighted by molar-refractivity contribution is 7.51. The lowest BCUT2D eigenvalue weighted by Crippen LogP contribution is -3.00. The van der Waals surface area contributed by atoms with E-state index in [1.165, 1.54) is 0 Å². The van der Waals surface area contributed by atoms with Gasteiger partial charge in [-0.05, 0) is 0 Å². The molecule has 0 atom stereocenters. The molecule has 0 rings (SSSR count). The van der Waals surface area contributed by atoms with Gasteiger partial charge in [0.1, 0.15) is 0 Å². The minimum atomic E-state index is -3.78. The fraction of sp³-hybridized carbons (Fsp3) is 1.00. The molecule has 0 aliphatic carbocycles. The largest absolute Gasteiger partial charge is 1.00 e. The fourth-order valence-electron chi connectivity index (χ4n) is 0.430. The van der Waals surface area contributed by atoms with Crippen molar-refractivity contribution in [1.29, 1.82) is 0 Å². The van der Waals surface area contributed by atoms with Crippen molar-refractivity contribution in [3.8, 4) is 0 Å². The maximum absolute atomic E-state index is 10.4. The van der Waals surface area contributed by atoms with Gasteiger partial charge in [-0.25, -0.2) is 0 Å². The summed E-state index contributed by atoms with van der Waals surface area (Å²) in [5.74, 6) is 0. The summed E-state index contributed by atoms with van der Waals surface area (Å²) in [5.41, 5.74) is 0. The molecule has 0 aromatic heterocycles. The molecule has 0 bridgehead atoms. The topological polar surface area (TPSA) is 57.5 Å². The van der Waals surface area contributed by atoms with Crippen LogP contribution in [0.25, 0.3) is 0 Å². The zero-order valence-corrected chi connectivity index (χ0v) is 9.47. The summed E-state index contributed by atoms with van der Waals surface area (Å²) in [6, 6.07) is 0. The molecule has 70 valence electrons. The van der Waals surface area contributed by atoms with Crippen LogP contribution in [0.1, 0.15) is 0 Å². The van der Waals surface area contributed by atoms with Gasteiger partial charge in [0.25, 0.3) is 0 Å². The Morgan fingerprint density at radius 2 is 1.64 bits per heavy atom. The average molecular weight is 248 g/mol. The molecule has 0 aliphatic heterocycles. The van der Waals surface area contributed by atoms with E-state index in [0.29, 0.717) is 11.0 Å². The molecule has 0 amide bonds. The Labute approximate surface area is 77.7 Å². The Morgan fingerprint density at radius 1 is 1.27 bits per heavy atom. The Hall–Kier alpha value is 0.590. The van der Waals surface area contributed by atoms with Crippen LogP contribution < -0.4 is 17.0 Å². The Balaban J connectivity index is 0. The van der Waals surface area contributed by atoms with Crippen molar-refractivity contribution < 1.29 is 35.8 Å². The van der Waals surface area contributed by atoms with Crippen LogP contribution >= 0.6 is 7.60 Å². The summed E-state index contributed by atoms with van der Waals surface area (Å²) < 4.78 is 11.0. The molecule has 0 aromatic rings. The summed E-state index contributed by atoms with van der Waals surface area (Å²) in [4.78, 5) is 17.0. The van der Waals surface area contributed by atoms with E-state index in [-0.39, 0.29) is 23.1 Å². The molecule has 11 heavy (non-hydrogen) atoms. The maximum Gasteiger partial charge on any atom is 0.331 e. The van der Waals surface area contributed by atoms with Crippen LogP contribution in [-0.4, -0.2) is 48.1 Å². The molecular weight excluding hydrogens is 233 g/mol. The van der Waals surface area contributed by atoms with Gasteiger partial charge in [0.15, 0.2) is 0 Å². The van der Waals surface area contributed by atoms with E-state index in [0.717, 1.165) is 0 Å². The van der Waals surface area contributed by atoms with Gasteiger partial charge in [0.2, 0.25) is 0 Å². The predicted octanol–water partition coefficient (Wildman–Crippen LogP) is -3.13. The van der Waals surface area contributed by atoms with Gasteiger partial charge >= 0.3 is 7.60 Å². The van der Waals surface area contributed by atoms with Gasteiger partial charge < -0.3 is 31.3 Å². The molecule has 0 heterocycles. The van der Waals surface area contributed by atoms with Crippen LogP contribution in [-0.2, 0) is 4.57 Å². The van der Waals surface area contributed by atoms with E-state index in [9.17, 15) is 4.57 Å². The van der Waals surface area contributed by atoms with Crippen LogP contribution in [0.15, 0.2) is 0 Å². The van der Waals surface area contributed by atoms with E-state index in [1.54, 1.807) is 0 Å². The zero-order valence-electron chi connectivity index (χ0n) is 6.99. The van der Waals surface area contributed by atoms with Crippen molar-refractivity contribution >= 4 is 7.60 Å². The molecule has 2 N–H and O–H groups in total. The fourth-order valence-corrected chi connectivity index (χ4v) is 1.29. The number of rotatable bonds is 3. The third kappa shape index (κ3) is 13.6. The van der Waals surface area contributed by atoms with Crippen LogP contribution in [0.2, 0.25) is 0 Å². The third-order valence-electron chi connectivity index (χ3n) is 1.06. The lowest BCUT2D eigenvalue weighted by atomic mass is 10.6. The first kappa shape index (κ1) is 14.1. The van der Waals surface area contributed by atoms with Gasteiger partial charge in [-0.3, -0.25) is 4.57 Å². The Kier molecular flexibility index (Phi) is 5.88. The molecule has 0 fully saturated rings. The molecule has 0 aromatic carbocycles. The highest BCUT2D eigenvalue weighted by Gasteiger charge is 2.18. The predicted molar refractivity (Wildman–Crippen MR) is 39.8 cm³/mol. The quantitative estimate of drug-likeness (QED) is 0.410. The number of quaternary nitrogens is 1. The van der Waals surface area contributed by atoms with Crippen molar-refractivity contribution in [2.24, 2.45) is 0 Å². The van der Waals surface area contributed by atoms with Crippen LogP contribution in [0.5, 0.6) is 0 Å². The molecule has 0 saturated heterocycles. The van der Waals surface area contributed by atoms with Gasteiger partial charge in [0.05, 0.1) is 33.8 Å². The standard InChI is InChI=1S/C5H14NO3P.BrH/c1-6(2,3)4-5-10(7,8)9;/h4-5H2,1-3H3,(H-,7,8,9);1H. The van der Waals surface area contributed by atoms with Crippen molar-refractivity contribution in [3.05, 3.63) is 0 Å². The second-order valence-corrected chi connectivity index (χ2v) is 5.18. The van der Waals surface area contributed by atoms with Crippen LogP contribution in [0.4, 0.5) is 0 Å². The summed E-state index contributed by atoms with van der Waals surface area (Å²) in [6.45, 7) is 0.504. The summed E-state index contributed by atoms with van der Waals surface area (Å²) in [5, 5.41) is 0. The number of hydrogen-bond acceptors (Lipinski definition) is 1. The van der Waals surface area contributed by atoms with Gasteiger partial charge in [-0.2, -0.15) is 0 Å². The normalized spacial score (nSPS) is 12.5. The molecule has 0 radical (unpaired) electrons. The van der Waals surface area contributed by atoms with Crippen molar-refractivity contribution in [1.82, 2.24) is 0 Å². The van der Waals surface area contributed by atoms with E-state index < -0.39 is 7.60 Å². The molecular formula is C5H15BrNO3P. The third-order valence-corrected chi connectivity index (χ3v) is 1.84. The maximum atomic E-state index is 10.4. The minimum Gasteiger partial charge on any atom is -1.00 e. The van der Waals surface area contributed by atoms with Gasteiger partial charge in [0, 0.05) is 0 Å². The first-order chi connectivity index (χ1) is 4.21. The summed E-state index contributed by atoms with van der Waals surface area (Å²) >= 11 is 0. The number of halogens is 1. The van der Waals surface area contributed by atoms with Gasteiger partial charge in [-0.1, -0.05) is 0 Å². The van der Waals surface area contributed by atoms with E-state index in [1.807, 2.05) is 21.1 Å². The Morgan fingerprint density at radius 3 is 1.73 bits per heavy atom. The van der Waals surface area contributed by atoms with Crippen molar-refractivity contribution in [2.75, 3.05) is 33.8 Å². The van der Waals surface area contributed by atoms with Crippen molar-refractivity contribution in [3.63, 3.8) is 0 Å². The first-order valence-corrected chi connectivity index (χ1v) is 4.85. The zero-order chi connectivity index (χ0) is 8.41. The average Bonchev–Trinajstić information content (AvgIpc) is 1.57. The van der Waals surface area contributed by atoms with Crippen LogP contribution in [0, 0.1) is 0 Å². The smallest absolute Gasteiger partial charge is 0.331 e. The van der Waals surface area contributed by atoms with Crippen LogP contribution in [0.3, 0.4) is 0 Å². The molecule has 6 heteroatoms. The molecule has 0 aliphatic rings. The molecule has 0 spiro atoms. The SMILES string of the molecule is C[N+](C)(C)CCP(=O)(O)O.[Br-].